The molecule has 27 heteroatoms. The van der Waals surface area contributed by atoms with E-state index in [0.717, 1.165) is 52.5 Å². The highest BCUT2D eigenvalue weighted by molar-refractivity contribution is 5.93. The summed E-state index contributed by atoms with van der Waals surface area (Å²) in [4.78, 5) is 47.1. The number of amides is 2. The number of hydrogen-bond donors (Lipinski definition) is 4. The minimum Gasteiger partial charge on any atom is -0.457 e. The normalized spacial score (nSPS) is 13.3. The second kappa shape index (κ2) is 36.5. The molecule has 24 nitrogen and oxygen atoms in total. The number of guanidine groups is 1. The Labute approximate surface area is 630 Å². The maximum atomic E-state index is 13.1. The lowest BCUT2D eigenvalue weighted by Crippen LogP contribution is -2.50. The van der Waals surface area contributed by atoms with Crippen LogP contribution in [0.15, 0.2) is 200 Å². The van der Waals surface area contributed by atoms with Crippen molar-refractivity contribution in [2.45, 2.75) is 72.0 Å². The second-order valence-corrected chi connectivity index (χ2v) is 27.2. The molecule has 6 aromatic carbocycles. The van der Waals surface area contributed by atoms with Gasteiger partial charge in [0.1, 0.15) is 98.4 Å². The van der Waals surface area contributed by atoms with E-state index in [4.69, 9.17) is 40.2 Å². The molecule has 3 aliphatic heterocycles. The summed E-state index contributed by atoms with van der Waals surface area (Å²) in [6, 6.07) is 59.3. The van der Waals surface area contributed by atoms with Crippen molar-refractivity contribution in [3.63, 3.8) is 0 Å². The molecule has 7 heterocycles. The molecule has 10 aromatic rings. The van der Waals surface area contributed by atoms with E-state index in [-0.39, 0.29) is 35.5 Å². The highest BCUT2D eigenvalue weighted by Gasteiger charge is 2.27. The van der Waals surface area contributed by atoms with Gasteiger partial charge in [-0.1, -0.05) is 0 Å². The zero-order valence-corrected chi connectivity index (χ0v) is 61.1. The average Bonchev–Trinajstić information content (AvgIpc) is 1.52. The van der Waals surface area contributed by atoms with E-state index in [0.29, 0.717) is 115 Å². The van der Waals surface area contributed by atoms with Crippen LogP contribution in [0.1, 0.15) is 77.9 Å². The fourth-order valence-electron chi connectivity index (χ4n) is 11.4. The summed E-state index contributed by atoms with van der Waals surface area (Å²) in [7, 11) is 0. The van der Waals surface area contributed by atoms with Gasteiger partial charge in [0.15, 0.2) is 5.96 Å². The predicted octanol–water partition coefficient (Wildman–Crippen LogP) is 15.9. The van der Waals surface area contributed by atoms with E-state index >= 15 is 0 Å². The summed E-state index contributed by atoms with van der Waals surface area (Å²) in [5, 5.41) is 49.5. The number of nitriles is 3. The molecule has 4 aromatic heterocycles. The molecule has 0 saturated carbocycles. The molecule has 0 unspecified atom stereocenters. The Morgan fingerprint density at radius 1 is 0.450 bits per heavy atom. The lowest BCUT2D eigenvalue weighted by Gasteiger charge is -2.36. The van der Waals surface area contributed by atoms with Gasteiger partial charge in [0.05, 0.1) is 17.1 Å². The number of piperidine rings is 1. The van der Waals surface area contributed by atoms with Crippen molar-refractivity contribution in [1.82, 2.24) is 39.8 Å². The number of rotatable bonds is 12. The summed E-state index contributed by atoms with van der Waals surface area (Å²) in [5.41, 5.74) is 13.1. The van der Waals surface area contributed by atoms with Gasteiger partial charge in [0.2, 0.25) is 5.96 Å². The molecule has 3 fully saturated rings. The van der Waals surface area contributed by atoms with Crippen molar-refractivity contribution in [3.05, 3.63) is 235 Å². The molecule has 0 aliphatic carbocycles. The number of hydrogen-bond acceptors (Lipinski definition) is 19. The van der Waals surface area contributed by atoms with Gasteiger partial charge in [0, 0.05) is 112 Å². The first-order chi connectivity index (χ1) is 52.3. The maximum Gasteiger partial charge on any atom is 0.414 e. The number of nitrogens with two attached hydrogens (primary N) is 1. The molecule has 0 bridgehead atoms. The number of piperazine rings is 2. The number of ether oxygens (including phenoxy) is 5. The number of benzene rings is 6. The Bertz CT molecular complexity index is 4870. The minimum atomic E-state index is -0.664. The number of anilines is 3. The van der Waals surface area contributed by atoms with E-state index < -0.39 is 17.3 Å². The molecule has 3 aliphatic rings. The Morgan fingerprint density at radius 3 is 1.07 bits per heavy atom. The molecule has 109 heavy (non-hydrogen) atoms. The van der Waals surface area contributed by atoms with Crippen LogP contribution < -0.4 is 40.0 Å². The Balaban J connectivity index is 0.000000160. The summed E-state index contributed by atoms with van der Waals surface area (Å²) >= 11 is 0. The van der Waals surface area contributed by atoms with Crippen molar-refractivity contribution in [2.24, 2.45) is 5.73 Å². The number of aromatic nitrogens is 5. The largest absolute Gasteiger partial charge is 0.457 e. The number of alkyl carbamates (subject to hydrolysis) is 1. The predicted molar refractivity (Wildman–Crippen MR) is 409 cm³/mol. The molecular formula is C82H82F3N17O7. The number of carbonyl (C=O) groups is 2. The first-order valence-corrected chi connectivity index (χ1v) is 35.1. The Kier molecular flexibility index (Phi) is 26.1. The van der Waals surface area contributed by atoms with Crippen molar-refractivity contribution in [1.29, 1.82) is 26.6 Å². The third-order valence-corrected chi connectivity index (χ3v) is 16.7. The molecule has 0 spiro atoms. The van der Waals surface area contributed by atoms with Crippen LogP contribution in [0.4, 0.5) is 39.8 Å². The van der Waals surface area contributed by atoms with Gasteiger partial charge in [-0.15, -0.1) is 0 Å². The van der Waals surface area contributed by atoms with Crippen LogP contribution in [-0.4, -0.2) is 135 Å². The fourth-order valence-corrected chi connectivity index (χ4v) is 11.4. The van der Waals surface area contributed by atoms with Crippen LogP contribution in [0.5, 0.6) is 34.5 Å². The smallest absolute Gasteiger partial charge is 0.414 e. The van der Waals surface area contributed by atoms with Gasteiger partial charge in [0.25, 0.3) is 0 Å². The van der Waals surface area contributed by atoms with E-state index in [1.165, 1.54) is 66.5 Å². The van der Waals surface area contributed by atoms with Crippen LogP contribution in [0, 0.1) is 62.3 Å². The van der Waals surface area contributed by atoms with E-state index in [9.17, 15) is 38.5 Å². The van der Waals surface area contributed by atoms with Crippen molar-refractivity contribution < 1.29 is 46.4 Å². The monoisotopic (exact) mass is 1470 g/mol. The molecular weight excluding hydrogens is 1390 g/mol. The Hall–Kier alpha value is -13.5. The van der Waals surface area contributed by atoms with Crippen LogP contribution in [-0.2, 0) is 9.47 Å². The number of nitrogens with one attached hydrogen (secondary N) is 3. The third kappa shape index (κ3) is 23.5. The molecule has 5 N–H and O–H groups in total. The molecule has 13 rings (SSSR count). The van der Waals surface area contributed by atoms with Gasteiger partial charge in [-0.3, -0.25) is 16.1 Å². The first-order valence-electron chi connectivity index (χ1n) is 35.1. The fraction of sp³-hybridized carbons (Fsp3) is 0.256. The second-order valence-electron chi connectivity index (χ2n) is 27.2. The van der Waals surface area contributed by atoms with Gasteiger partial charge < -0.3 is 53.9 Å². The first kappa shape index (κ1) is 78.1. The topological polar surface area (TPSA) is 310 Å². The Morgan fingerprint density at radius 2 is 0.771 bits per heavy atom. The van der Waals surface area contributed by atoms with Crippen molar-refractivity contribution in [2.75, 3.05) is 80.1 Å². The summed E-state index contributed by atoms with van der Waals surface area (Å²) in [6.45, 7) is 17.9. The SMILES string of the molecule is CC(C)(C)OC(=O)N1CCN(c2cc(C#N)nc(-c3ccc(Oc4ccc(F)cc4)cc3)c2)CC1.CC(C)(C)OC(=O)NC(=N)n1cccn1.N#Cc1cc(N2CCCCC2)cc(-c2ccc(Oc3ccc(F)cc3)cc2)n1.N#Cc1cc(N2CCN(C(=N)N)CC2)cc(-c2ccc(Oc3ccc(F)cc3)cc2)n1. The van der Waals surface area contributed by atoms with Crippen LogP contribution >= 0.6 is 0 Å². The molecule has 0 atom stereocenters. The quantitative estimate of drug-likeness (QED) is 0.0652. The lowest BCUT2D eigenvalue weighted by atomic mass is 10.1. The average molecular weight is 1470 g/mol. The van der Waals surface area contributed by atoms with Crippen molar-refractivity contribution >= 4 is 41.2 Å². The lowest BCUT2D eigenvalue weighted by molar-refractivity contribution is 0.0240. The van der Waals surface area contributed by atoms with Crippen LogP contribution in [0.3, 0.4) is 0 Å². The van der Waals surface area contributed by atoms with Crippen molar-refractivity contribution in [3.8, 4) is 86.5 Å². The van der Waals surface area contributed by atoms with Gasteiger partial charge >= 0.3 is 12.2 Å². The number of pyridine rings is 3. The molecule has 558 valence electrons. The standard InChI is InChI=1S/C27H27FN4O3.C23H21FN6O.C23H20FN3O.C9H14N4O2/c1-27(2,3)35-26(33)32-14-12-31(13-15-32)22-16-21(18-29)30-25(17-22)19-4-8-23(9-5-19)34-24-10-6-20(28)7-11-24;24-17-3-7-21(8-4-17)31-20-5-1-16(2-6-20)22-14-19(13-18(15-25)28-22)29-9-11-30(12-10-29)23(26)27;24-18-6-10-22(11-7-18)28-21-8-4-17(5-9-21)23-15-20(14-19(16-25)26-23)27-12-2-1-3-13-27;1-9(2,3)15-8(14)12-7(10)13-6-4-5-11-13/h4-11,16-17H,12-15H2,1-3H3;1-8,13-14H,9-12H2,(H3,26,27);4-11,14-15H,1-3,12-13H2;4-6H,1-3H3,(H2,10,12,14). The minimum absolute atomic E-state index is 0.0794. The maximum absolute atomic E-state index is 13.1. The molecule has 3 saturated heterocycles. The summed E-state index contributed by atoms with van der Waals surface area (Å²) in [6.07, 6.45) is 5.71. The zero-order valence-electron chi connectivity index (χ0n) is 61.1. The highest BCUT2D eigenvalue weighted by Crippen LogP contribution is 2.33. The number of halogens is 3. The van der Waals surface area contributed by atoms with Crippen LogP contribution in [0.25, 0.3) is 33.8 Å². The van der Waals surface area contributed by atoms with Gasteiger partial charge in [-0.05, 0) is 249 Å². The molecule has 2 amide bonds. The summed E-state index contributed by atoms with van der Waals surface area (Å²) < 4.78 is 68.1. The van der Waals surface area contributed by atoms with E-state index in [2.05, 4.69) is 58.3 Å². The van der Waals surface area contributed by atoms with Gasteiger partial charge in [-0.2, -0.15) is 20.9 Å². The zero-order chi connectivity index (χ0) is 77.6. The summed E-state index contributed by atoms with van der Waals surface area (Å²) in [5.74, 6) is 2.54. The van der Waals surface area contributed by atoms with E-state index in [1.807, 2.05) is 111 Å². The van der Waals surface area contributed by atoms with Crippen LogP contribution in [0.2, 0.25) is 0 Å². The van der Waals surface area contributed by atoms with E-state index in [1.54, 1.807) is 98.6 Å². The molecule has 0 radical (unpaired) electrons. The van der Waals surface area contributed by atoms with Gasteiger partial charge in [-0.25, -0.2) is 42.4 Å². The third-order valence-electron chi connectivity index (χ3n) is 16.7. The number of nitrogens with zero attached hydrogens (tertiary/aromatic N) is 13. The highest BCUT2D eigenvalue weighted by atomic mass is 19.1. The number of carbonyl (C=O) groups excluding carboxylic acids is 2.